The maximum atomic E-state index is 11.3. The van der Waals surface area contributed by atoms with Crippen molar-refractivity contribution in [3.8, 4) is 0 Å². The van der Waals surface area contributed by atoms with E-state index in [1.54, 1.807) is 0 Å². The van der Waals surface area contributed by atoms with Crippen molar-refractivity contribution < 1.29 is 19.4 Å². The molecule has 0 radical (unpaired) electrons. The van der Waals surface area contributed by atoms with Crippen LogP contribution in [0.2, 0.25) is 0 Å². The number of nitrogens with zero attached hydrogens (tertiary/aromatic N) is 1. The van der Waals surface area contributed by atoms with Gasteiger partial charge in [-0.25, -0.2) is 4.79 Å². The second-order valence-corrected chi connectivity index (χ2v) is 4.40. The summed E-state index contributed by atoms with van der Waals surface area (Å²) in [4.78, 5) is 23.5. The van der Waals surface area contributed by atoms with E-state index in [0.29, 0.717) is 0 Å². The van der Waals surface area contributed by atoms with Gasteiger partial charge in [0, 0.05) is 7.11 Å². The maximum Gasteiger partial charge on any atom is 0.330 e. The number of thioether (sulfide) groups is 1. The smallest absolute Gasteiger partial charge is 0.330 e. The van der Waals surface area contributed by atoms with Crippen LogP contribution < -0.4 is 5.73 Å². The van der Waals surface area contributed by atoms with Gasteiger partial charge >= 0.3 is 5.97 Å². The van der Waals surface area contributed by atoms with Crippen LogP contribution in [0.1, 0.15) is 0 Å². The number of hydrogen-bond donors (Lipinski definition) is 2. The monoisotopic (exact) mass is 218 g/mol. The minimum atomic E-state index is -1.05. The van der Waals surface area contributed by atoms with Crippen LogP contribution in [0.4, 0.5) is 0 Å². The Morgan fingerprint density at radius 2 is 2.36 bits per heavy atom. The Kier molecular flexibility index (Phi) is 2.17. The lowest BCUT2D eigenvalue weighted by atomic mass is 10.1. The summed E-state index contributed by atoms with van der Waals surface area (Å²) < 4.78 is 5.00. The molecule has 2 heterocycles. The molecule has 0 bridgehead atoms. The standard InChI is InChI=1S/C7H10N2O4S/c1-13-7-3(6(11)12)9-4(10)2(8)5(9)14-7/h2-3,5,7H,8H2,1H3,(H,11,12)/t2?,3?,5-,7?/m0/s1. The lowest BCUT2D eigenvalue weighted by molar-refractivity contribution is -0.160. The van der Waals surface area contributed by atoms with E-state index in [2.05, 4.69) is 0 Å². The molecule has 7 heteroatoms. The number of carboxylic acids is 1. The summed E-state index contributed by atoms with van der Waals surface area (Å²) in [5, 5.41) is 8.67. The number of ether oxygens (including phenoxy) is 1. The Labute approximate surface area is 84.4 Å². The molecule has 14 heavy (non-hydrogen) atoms. The van der Waals surface area contributed by atoms with Gasteiger partial charge in [-0.15, -0.1) is 11.8 Å². The zero-order chi connectivity index (χ0) is 10.5. The predicted octanol–water partition coefficient (Wildman–Crippen LogP) is -1.35. The van der Waals surface area contributed by atoms with Crippen LogP contribution in [-0.2, 0) is 14.3 Å². The van der Waals surface area contributed by atoms with E-state index >= 15 is 0 Å². The highest BCUT2D eigenvalue weighted by molar-refractivity contribution is 8.00. The van der Waals surface area contributed by atoms with Gasteiger partial charge in [0.15, 0.2) is 6.04 Å². The Morgan fingerprint density at radius 1 is 1.71 bits per heavy atom. The van der Waals surface area contributed by atoms with Crippen molar-refractivity contribution >= 4 is 23.6 Å². The van der Waals surface area contributed by atoms with Crippen LogP contribution >= 0.6 is 11.8 Å². The molecule has 0 aromatic carbocycles. The van der Waals surface area contributed by atoms with Crippen LogP contribution in [-0.4, -0.2) is 51.9 Å². The maximum absolute atomic E-state index is 11.3. The van der Waals surface area contributed by atoms with Crippen molar-refractivity contribution in [3.63, 3.8) is 0 Å². The quantitative estimate of drug-likeness (QED) is 0.557. The molecule has 0 aliphatic carbocycles. The van der Waals surface area contributed by atoms with Crippen LogP contribution in [0, 0.1) is 0 Å². The molecule has 3 N–H and O–H groups in total. The van der Waals surface area contributed by atoms with E-state index in [0.717, 1.165) is 0 Å². The number of carboxylic acid groups (broad SMARTS) is 1. The van der Waals surface area contributed by atoms with Gasteiger partial charge in [0.25, 0.3) is 0 Å². The highest BCUT2D eigenvalue weighted by atomic mass is 32.2. The summed E-state index contributed by atoms with van der Waals surface area (Å²) >= 11 is 1.29. The van der Waals surface area contributed by atoms with Gasteiger partial charge in [0.05, 0.1) is 0 Å². The summed E-state index contributed by atoms with van der Waals surface area (Å²) in [5.74, 6) is -1.36. The molecule has 0 aromatic rings. The minimum absolute atomic E-state index is 0.242. The summed E-state index contributed by atoms with van der Waals surface area (Å²) in [6.07, 6.45) is 0. The molecule has 0 saturated carbocycles. The molecular weight excluding hydrogens is 208 g/mol. The van der Waals surface area contributed by atoms with Crippen LogP contribution in [0.3, 0.4) is 0 Å². The van der Waals surface area contributed by atoms with Crippen molar-refractivity contribution in [1.82, 2.24) is 4.90 Å². The topological polar surface area (TPSA) is 92.9 Å². The van der Waals surface area contributed by atoms with Crippen molar-refractivity contribution in [3.05, 3.63) is 0 Å². The highest BCUT2D eigenvalue weighted by Crippen LogP contribution is 2.43. The Hall–Kier alpha value is -0.790. The zero-order valence-electron chi connectivity index (χ0n) is 7.41. The van der Waals surface area contributed by atoms with E-state index < -0.39 is 23.5 Å². The molecule has 78 valence electrons. The van der Waals surface area contributed by atoms with Gasteiger partial charge in [0.1, 0.15) is 16.9 Å². The summed E-state index contributed by atoms with van der Waals surface area (Å²) in [7, 11) is 1.43. The predicted molar refractivity (Wildman–Crippen MR) is 48.4 cm³/mol. The number of aliphatic carboxylic acids is 1. The first-order valence-electron chi connectivity index (χ1n) is 4.06. The highest BCUT2D eigenvalue weighted by Gasteiger charge is 2.59. The van der Waals surface area contributed by atoms with E-state index in [9.17, 15) is 9.59 Å². The average molecular weight is 218 g/mol. The fraction of sp³-hybridized carbons (Fsp3) is 0.714. The molecule has 2 aliphatic heterocycles. The van der Waals surface area contributed by atoms with Gasteiger partial charge in [-0.1, -0.05) is 0 Å². The number of amides is 1. The van der Waals surface area contributed by atoms with Gasteiger partial charge < -0.3 is 20.5 Å². The first-order chi connectivity index (χ1) is 6.57. The van der Waals surface area contributed by atoms with E-state index in [-0.39, 0.29) is 11.3 Å². The summed E-state index contributed by atoms with van der Waals surface area (Å²) in [6.45, 7) is 0. The SMILES string of the molecule is COC1S[C@H]2C(N)C(=O)N2C1C(=O)O. The lowest BCUT2D eigenvalue weighted by Crippen LogP contribution is -2.68. The van der Waals surface area contributed by atoms with E-state index in [1.807, 2.05) is 0 Å². The van der Waals surface area contributed by atoms with Crippen molar-refractivity contribution in [1.29, 1.82) is 0 Å². The van der Waals surface area contributed by atoms with Gasteiger partial charge in [-0.3, -0.25) is 4.79 Å². The number of carbonyl (C=O) groups excluding carboxylic acids is 1. The minimum Gasteiger partial charge on any atom is -0.480 e. The Balaban J connectivity index is 2.22. The van der Waals surface area contributed by atoms with Crippen molar-refractivity contribution in [2.75, 3.05) is 7.11 Å². The lowest BCUT2D eigenvalue weighted by Gasteiger charge is -2.40. The Morgan fingerprint density at radius 3 is 2.86 bits per heavy atom. The number of hydrogen-bond acceptors (Lipinski definition) is 5. The van der Waals surface area contributed by atoms with Crippen LogP contribution in [0.5, 0.6) is 0 Å². The fourth-order valence-electron chi connectivity index (χ4n) is 1.72. The van der Waals surface area contributed by atoms with Gasteiger partial charge in [0.2, 0.25) is 5.91 Å². The average Bonchev–Trinajstić information content (AvgIpc) is 2.52. The van der Waals surface area contributed by atoms with Gasteiger partial charge in [-0.05, 0) is 0 Å². The molecule has 4 atom stereocenters. The number of fused-ring (bicyclic) bond motifs is 1. The number of nitrogens with two attached hydrogens (primary N) is 1. The van der Waals surface area contributed by atoms with Gasteiger partial charge in [-0.2, -0.15) is 0 Å². The molecule has 0 spiro atoms. The number of β-lactam (4-membered cyclic amide) rings is 1. The first-order valence-corrected chi connectivity index (χ1v) is 5.01. The van der Waals surface area contributed by atoms with Crippen molar-refractivity contribution in [2.45, 2.75) is 22.9 Å². The molecule has 2 saturated heterocycles. The summed E-state index contributed by atoms with van der Waals surface area (Å²) in [6, 6.07) is -1.48. The van der Waals surface area contributed by atoms with Crippen LogP contribution in [0.15, 0.2) is 0 Å². The third kappa shape index (κ3) is 1.06. The largest absolute Gasteiger partial charge is 0.480 e. The molecular formula is C7H10N2O4S. The number of rotatable bonds is 2. The summed E-state index contributed by atoms with van der Waals surface area (Å²) in [5.41, 5.74) is 5.01. The normalized spacial score (nSPS) is 40.7. The van der Waals surface area contributed by atoms with Crippen LogP contribution in [0.25, 0.3) is 0 Å². The molecule has 2 rings (SSSR count). The zero-order valence-corrected chi connectivity index (χ0v) is 8.23. The first kappa shape index (κ1) is 9.75. The molecule has 1 amide bonds. The number of methoxy groups -OCH3 is 1. The second-order valence-electron chi connectivity index (χ2n) is 3.19. The van der Waals surface area contributed by atoms with E-state index in [4.69, 9.17) is 15.6 Å². The van der Waals surface area contributed by atoms with E-state index in [1.165, 1.54) is 23.8 Å². The van der Waals surface area contributed by atoms with Crippen molar-refractivity contribution in [2.24, 2.45) is 5.73 Å². The molecule has 6 nitrogen and oxygen atoms in total. The third-order valence-corrected chi connectivity index (χ3v) is 3.96. The molecule has 3 unspecified atom stereocenters. The molecule has 0 aromatic heterocycles. The Bertz CT molecular complexity index is 297. The fourth-order valence-corrected chi connectivity index (χ4v) is 3.15. The number of carbonyl (C=O) groups is 2. The molecule has 2 aliphatic rings. The molecule has 2 fully saturated rings. The third-order valence-electron chi connectivity index (χ3n) is 2.44. The second kappa shape index (κ2) is 3.11.